The molecule has 2 heteroatoms. The molecule has 0 amide bonds. The molecule has 9 heavy (non-hydrogen) atoms. The summed E-state index contributed by atoms with van der Waals surface area (Å²) in [6, 6.07) is 0.370. The molecular formula is C7H18ClN. The molecule has 0 aliphatic heterocycles. The minimum absolute atomic E-state index is 0. The zero-order valence-electron chi connectivity index (χ0n) is 6.55. The van der Waals surface area contributed by atoms with Crippen LogP contribution >= 0.6 is 12.4 Å². The normalized spacial score (nSPS) is 16.0. The highest BCUT2D eigenvalue weighted by molar-refractivity contribution is 5.85. The second-order valence-electron chi connectivity index (χ2n) is 2.63. The van der Waals surface area contributed by atoms with Crippen molar-refractivity contribution in [3.63, 3.8) is 0 Å². The Morgan fingerprint density at radius 3 is 1.89 bits per heavy atom. The van der Waals surface area contributed by atoms with E-state index in [1.54, 1.807) is 0 Å². The van der Waals surface area contributed by atoms with Gasteiger partial charge in [-0.05, 0) is 19.3 Å². The number of nitrogens with two attached hydrogens (primary N) is 1. The predicted octanol–water partition coefficient (Wildman–Crippen LogP) is 2.19. The van der Waals surface area contributed by atoms with Crippen molar-refractivity contribution in [3.05, 3.63) is 0 Å². The summed E-state index contributed by atoms with van der Waals surface area (Å²) in [7, 11) is 0. The molecule has 0 aliphatic carbocycles. The molecule has 0 aromatic heterocycles. The summed E-state index contributed by atoms with van der Waals surface area (Å²) in [5, 5.41) is 0. The second-order valence-corrected chi connectivity index (χ2v) is 2.63. The minimum Gasteiger partial charge on any atom is -0.328 e. The molecule has 0 radical (unpaired) electrons. The van der Waals surface area contributed by atoms with Crippen LogP contribution in [-0.2, 0) is 0 Å². The lowest BCUT2D eigenvalue weighted by atomic mass is 9.99. The van der Waals surface area contributed by atoms with E-state index in [1.165, 1.54) is 12.8 Å². The molecule has 0 aromatic carbocycles. The highest BCUT2D eigenvalue weighted by Crippen LogP contribution is 2.06. The van der Waals surface area contributed by atoms with Crippen molar-refractivity contribution in [1.29, 1.82) is 0 Å². The van der Waals surface area contributed by atoms with Crippen LogP contribution in [0.4, 0.5) is 0 Å². The average molecular weight is 152 g/mol. The molecule has 0 saturated carbocycles. The van der Waals surface area contributed by atoms with Gasteiger partial charge in [0, 0.05) is 6.04 Å². The molecule has 58 valence electrons. The fraction of sp³-hybridized carbons (Fsp3) is 1.00. The molecular weight excluding hydrogens is 134 g/mol. The first-order valence-corrected chi connectivity index (χ1v) is 3.44. The monoisotopic (exact) mass is 151 g/mol. The molecule has 2 unspecified atom stereocenters. The number of hydrogen-bond acceptors (Lipinski definition) is 1. The minimum atomic E-state index is 0. The fourth-order valence-electron chi connectivity index (χ4n) is 0.718. The van der Waals surface area contributed by atoms with E-state index in [2.05, 4.69) is 20.8 Å². The summed E-state index contributed by atoms with van der Waals surface area (Å²) in [5.41, 5.74) is 5.62. The van der Waals surface area contributed by atoms with E-state index in [0.29, 0.717) is 12.0 Å². The molecule has 0 heterocycles. The van der Waals surface area contributed by atoms with Crippen molar-refractivity contribution >= 4 is 12.4 Å². The lowest BCUT2D eigenvalue weighted by Crippen LogP contribution is -2.23. The van der Waals surface area contributed by atoms with Crippen molar-refractivity contribution < 1.29 is 0 Å². The number of hydrogen-bond donors (Lipinski definition) is 1. The summed E-state index contributed by atoms with van der Waals surface area (Å²) in [5.74, 6) is 0.694. The smallest absolute Gasteiger partial charge is 0.00361 e. The summed E-state index contributed by atoms with van der Waals surface area (Å²) in [6.07, 6.45) is 2.51. The third-order valence-electron chi connectivity index (χ3n) is 1.64. The standard InChI is InChI=1S/C7H17N.ClH/c1-4-5-6(2)7(3)8;/h6-7H,4-5,8H2,1-3H3;1H. The third-order valence-corrected chi connectivity index (χ3v) is 1.64. The molecule has 0 aromatic rings. The van der Waals surface area contributed by atoms with Gasteiger partial charge in [0.1, 0.15) is 0 Å². The molecule has 0 aliphatic rings. The van der Waals surface area contributed by atoms with Gasteiger partial charge < -0.3 is 5.73 Å². The van der Waals surface area contributed by atoms with E-state index >= 15 is 0 Å². The molecule has 0 rings (SSSR count). The summed E-state index contributed by atoms with van der Waals surface area (Å²) in [6.45, 7) is 6.47. The van der Waals surface area contributed by atoms with E-state index in [1.807, 2.05) is 0 Å². The van der Waals surface area contributed by atoms with Gasteiger partial charge in [-0.2, -0.15) is 0 Å². The van der Waals surface area contributed by atoms with Crippen molar-refractivity contribution in [2.24, 2.45) is 11.7 Å². The quantitative estimate of drug-likeness (QED) is 0.658. The van der Waals surface area contributed by atoms with Gasteiger partial charge in [0.2, 0.25) is 0 Å². The van der Waals surface area contributed by atoms with E-state index in [0.717, 1.165) is 0 Å². The second kappa shape index (κ2) is 6.37. The Kier molecular flexibility index (Phi) is 8.48. The Morgan fingerprint density at radius 1 is 1.33 bits per heavy atom. The molecule has 0 spiro atoms. The van der Waals surface area contributed by atoms with Gasteiger partial charge in [-0.15, -0.1) is 12.4 Å². The van der Waals surface area contributed by atoms with Crippen LogP contribution in [0.15, 0.2) is 0 Å². The van der Waals surface area contributed by atoms with Crippen molar-refractivity contribution in [1.82, 2.24) is 0 Å². The molecule has 1 nitrogen and oxygen atoms in total. The average Bonchev–Trinajstić information content (AvgIpc) is 1.67. The van der Waals surface area contributed by atoms with Crippen LogP contribution in [0.1, 0.15) is 33.6 Å². The van der Waals surface area contributed by atoms with Crippen molar-refractivity contribution in [2.45, 2.75) is 39.7 Å². The Morgan fingerprint density at radius 2 is 1.78 bits per heavy atom. The number of halogens is 1. The van der Waals surface area contributed by atoms with Gasteiger partial charge in [0.05, 0.1) is 0 Å². The third kappa shape index (κ3) is 6.13. The zero-order chi connectivity index (χ0) is 6.57. The first kappa shape index (κ1) is 12.0. The van der Waals surface area contributed by atoms with E-state index in [4.69, 9.17) is 5.73 Å². The van der Waals surface area contributed by atoms with Gasteiger partial charge in [-0.1, -0.05) is 20.3 Å². The van der Waals surface area contributed by atoms with Gasteiger partial charge in [-0.25, -0.2) is 0 Å². The van der Waals surface area contributed by atoms with E-state index in [9.17, 15) is 0 Å². The summed E-state index contributed by atoms with van der Waals surface area (Å²) >= 11 is 0. The van der Waals surface area contributed by atoms with Crippen LogP contribution in [0.5, 0.6) is 0 Å². The molecule has 0 fully saturated rings. The number of rotatable bonds is 3. The fourth-order valence-corrected chi connectivity index (χ4v) is 0.718. The van der Waals surface area contributed by atoms with Crippen LogP contribution in [0.3, 0.4) is 0 Å². The maximum Gasteiger partial charge on any atom is 0.00361 e. The van der Waals surface area contributed by atoms with Gasteiger partial charge in [-0.3, -0.25) is 0 Å². The summed E-state index contributed by atoms with van der Waals surface area (Å²) in [4.78, 5) is 0. The zero-order valence-corrected chi connectivity index (χ0v) is 7.37. The van der Waals surface area contributed by atoms with Gasteiger partial charge in [0.25, 0.3) is 0 Å². The molecule has 0 saturated heterocycles. The van der Waals surface area contributed by atoms with E-state index in [-0.39, 0.29) is 12.4 Å². The molecule has 0 bridgehead atoms. The van der Waals surface area contributed by atoms with Crippen LogP contribution < -0.4 is 5.73 Å². The van der Waals surface area contributed by atoms with Crippen LogP contribution in [-0.4, -0.2) is 6.04 Å². The highest BCUT2D eigenvalue weighted by Gasteiger charge is 2.03. The lowest BCUT2D eigenvalue weighted by Gasteiger charge is -2.12. The highest BCUT2D eigenvalue weighted by atomic mass is 35.5. The van der Waals surface area contributed by atoms with Crippen molar-refractivity contribution in [3.8, 4) is 0 Å². The lowest BCUT2D eigenvalue weighted by molar-refractivity contribution is 0.446. The Bertz CT molecular complexity index is 54.9. The van der Waals surface area contributed by atoms with Gasteiger partial charge >= 0.3 is 0 Å². The van der Waals surface area contributed by atoms with Gasteiger partial charge in [0.15, 0.2) is 0 Å². The molecule has 2 atom stereocenters. The largest absolute Gasteiger partial charge is 0.328 e. The topological polar surface area (TPSA) is 26.0 Å². The maximum atomic E-state index is 5.62. The first-order valence-electron chi connectivity index (χ1n) is 3.44. The first-order chi connectivity index (χ1) is 3.68. The molecule has 2 N–H and O–H groups in total. The Balaban J connectivity index is 0. The maximum absolute atomic E-state index is 5.62. The Hall–Kier alpha value is 0.250. The van der Waals surface area contributed by atoms with Crippen LogP contribution in [0.2, 0.25) is 0 Å². The summed E-state index contributed by atoms with van der Waals surface area (Å²) < 4.78 is 0. The van der Waals surface area contributed by atoms with Crippen LogP contribution in [0.25, 0.3) is 0 Å². The van der Waals surface area contributed by atoms with E-state index < -0.39 is 0 Å². The van der Waals surface area contributed by atoms with Crippen molar-refractivity contribution in [2.75, 3.05) is 0 Å². The van der Waals surface area contributed by atoms with Crippen LogP contribution in [0, 0.1) is 5.92 Å². The predicted molar refractivity (Wildman–Crippen MR) is 45.0 cm³/mol. The SMILES string of the molecule is CCCC(C)C(C)N.Cl. The Labute approximate surface area is 64.4 Å².